The van der Waals surface area contributed by atoms with Crippen LogP contribution in [0.3, 0.4) is 0 Å². The second kappa shape index (κ2) is 9.11. The summed E-state index contributed by atoms with van der Waals surface area (Å²) in [5, 5.41) is 20.1. The van der Waals surface area contributed by atoms with Crippen LogP contribution in [0.5, 0.6) is 5.75 Å². The highest BCUT2D eigenvalue weighted by molar-refractivity contribution is 6.06. The fourth-order valence-corrected chi connectivity index (χ4v) is 2.80. The third-order valence-corrected chi connectivity index (χ3v) is 4.41. The van der Waals surface area contributed by atoms with Gasteiger partial charge in [0.2, 0.25) is 0 Å². The summed E-state index contributed by atoms with van der Waals surface area (Å²) in [4.78, 5) is 34.9. The van der Waals surface area contributed by atoms with Crippen LogP contribution < -0.4 is 15.4 Å². The number of furan rings is 1. The smallest absolute Gasteiger partial charge is 0.291 e. The monoisotopic (exact) mass is 427 g/mol. The molecule has 0 radical (unpaired) electrons. The van der Waals surface area contributed by atoms with Crippen molar-refractivity contribution in [3.8, 4) is 5.75 Å². The van der Waals surface area contributed by atoms with E-state index in [-0.39, 0.29) is 29.4 Å². The van der Waals surface area contributed by atoms with Gasteiger partial charge in [-0.05, 0) is 38.1 Å². The first kappa shape index (κ1) is 21.6. The summed E-state index contributed by atoms with van der Waals surface area (Å²) in [7, 11) is 1.48. The Kier molecular flexibility index (Phi) is 6.34. The van der Waals surface area contributed by atoms with E-state index in [1.807, 2.05) is 6.92 Å². The van der Waals surface area contributed by atoms with Crippen LogP contribution in [-0.2, 0) is 13.2 Å². The third kappa shape index (κ3) is 4.89. The number of ether oxygens (including phenoxy) is 1. The van der Waals surface area contributed by atoms with Crippen molar-refractivity contribution in [1.29, 1.82) is 0 Å². The molecule has 2 aromatic heterocycles. The van der Waals surface area contributed by atoms with Crippen molar-refractivity contribution in [2.75, 3.05) is 12.4 Å². The number of aryl methyl sites for hydroxylation is 2. The summed E-state index contributed by atoms with van der Waals surface area (Å²) in [5.74, 6) is -0.108. The maximum absolute atomic E-state index is 12.5. The topological polar surface area (TPSA) is 142 Å². The van der Waals surface area contributed by atoms with Crippen molar-refractivity contribution in [2.24, 2.45) is 0 Å². The summed E-state index contributed by atoms with van der Waals surface area (Å²) >= 11 is 0. The molecule has 3 rings (SSSR count). The van der Waals surface area contributed by atoms with E-state index >= 15 is 0 Å². The van der Waals surface area contributed by atoms with Gasteiger partial charge in [-0.2, -0.15) is 5.10 Å². The SMILES string of the molecule is CCn1cc(NC(=O)c2ccc(COc3ccc([N+](=O)[O-])c(C)c3)o2)c(C(=O)NC)n1. The van der Waals surface area contributed by atoms with E-state index in [9.17, 15) is 19.7 Å². The van der Waals surface area contributed by atoms with Gasteiger partial charge in [0.15, 0.2) is 11.5 Å². The molecule has 3 aromatic rings. The van der Waals surface area contributed by atoms with Crippen LogP contribution >= 0.6 is 0 Å². The lowest BCUT2D eigenvalue weighted by Crippen LogP contribution is -2.21. The van der Waals surface area contributed by atoms with Crippen LogP contribution in [0.4, 0.5) is 11.4 Å². The van der Waals surface area contributed by atoms with Gasteiger partial charge >= 0.3 is 0 Å². The molecule has 0 aliphatic heterocycles. The van der Waals surface area contributed by atoms with Gasteiger partial charge in [-0.25, -0.2) is 0 Å². The van der Waals surface area contributed by atoms with Crippen LogP contribution in [0.2, 0.25) is 0 Å². The lowest BCUT2D eigenvalue weighted by Gasteiger charge is -2.06. The number of carbonyl (C=O) groups excluding carboxylic acids is 2. The zero-order valence-electron chi connectivity index (χ0n) is 17.2. The van der Waals surface area contributed by atoms with Gasteiger partial charge in [0, 0.05) is 31.4 Å². The Balaban J connectivity index is 1.66. The number of rotatable bonds is 8. The largest absolute Gasteiger partial charge is 0.486 e. The molecule has 0 unspecified atom stereocenters. The minimum absolute atomic E-state index is 0.00632. The number of aromatic nitrogens is 2. The number of hydrogen-bond acceptors (Lipinski definition) is 7. The van der Waals surface area contributed by atoms with Gasteiger partial charge in [-0.15, -0.1) is 0 Å². The maximum Gasteiger partial charge on any atom is 0.291 e. The highest BCUT2D eigenvalue weighted by atomic mass is 16.6. The highest BCUT2D eigenvalue weighted by Gasteiger charge is 2.20. The molecule has 11 heteroatoms. The van der Waals surface area contributed by atoms with Gasteiger partial charge in [0.25, 0.3) is 17.5 Å². The molecule has 0 saturated carbocycles. The molecule has 0 aliphatic rings. The second-order valence-corrected chi connectivity index (χ2v) is 6.54. The van der Waals surface area contributed by atoms with E-state index in [4.69, 9.17) is 9.15 Å². The molecule has 2 heterocycles. The molecular formula is C20H21N5O6. The molecule has 31 heavy (non-hydrogen) atoms. The quantitative estimate of drug-likeness (QED) is 0.416. The molecule has 0 aliphatic carbocycles. The predicted molar refractivity (Wildman–Crippen MR) is 110 cm³/mol. The zero-order chi connectivity index (χ0) is 22.5. The number of anilines is 1. The lowest BCUT2D eigenvalue weighted by atomic mass is 10.2. The van der Waals surface area contributed by atoms with Crippen LogP contribution in [0.1, 0.15) is 39.3 Å². The summed E-state index contributed by atoms with van der Waals surface area (Å²) < 4.78 is 12.6. The van der Waals surface area contributed by atoms with Gasteiger partial charge in [0.05, 0.1) is 10.6 Å². The van der Waals surface area contributed by atoms with E-state index in [1.165, 1.54) is 29.9 Å². The second-order valence-electron chi connectivity index (χ2n) is 6.54. The van der Waals surface area contributed by atoms with E-state index < -0.39 is 16.7 Å². The average Bonchev–Trinajstić information content (AvgIpc) is 3.38. The standard InChI is InChI=1S/C20H21N5O6/c1-4-24-10-15(18(23-24)20(27)21-3)22-19(26)17-8-6-14(31-17)11-30-13-5-7-16(25(28)29)12(2)9-13/h5-10H,4,11H2,1-3H3,(H,21,27)(H,22,26). The Morgan fingerprint density at radius 1 is 1.26 bits per heavy atom. The van der Waals surface area contributed by atoms with Crippen LogP contribution in [0.15, 0.2) is 40.9 Å². The fourth-order valence-electron chi connectivity index (χ4n) is 2.80. The van der Waals surface area contributed by atoms with E-state index in [0.717, 1.165) is 0 Å². The average molecular weight is 427 g/mol. The summed E-state index contributed by atoms with van der Waals surface area (Å²) in [6.45, 7) is 4.04. The van der Waals surface area contributed by atoms with E-state index in [0.29, 0.717) is 23.6 Å². The molecule has 0 atom stereocenters. The molecule has 11 nitrogen and oxygen atoms in total. The van der Waals surface area contributed by atoms with Gasteiger partial charge < -0.3 is 19.8 Å². The Bertz CT molecular complexity index is 1130. The first-order valence-electron chi connectivity index (χ1n) is 9.39. The lowest BCUT2D eigenvalue weighted by molar-refractivity contribution is -0.385. The number of benzene rings is 1. The number of nitro groups is 1. The molecule has 2 N–H and O–H groups in total. The molecular weight excluding hydrogens is 406 g/mol. The summed E-state index contributed by atoms with van der Waals surface area (Å²) in [5.41, 5.74) is 0.844. The summed E-state index contributed by atoms with van der Waals surface area (Å²) in [6, 6.07) is 7.49. The van der Waals surface area contributed by atoms with E-state index in [1.54, 1.807) is 25.3 Å². The van der Waals surface area contributed by atoms with Crippen molar-refractivity contribution in [2.45, 2.75) is 27.0 Å². The van der Waals surface area contributed by atoms with Crippen molar-refractivity contribution >= 4 is 23.2 Å². The number of nitrogens with one attached hydrogen (secondary N) is 2. The van der Waals surface area contributed by atoms with Crippen LogP contribution in [0.25, 0.3) is 0 Å². The number of hydrogen-bond donors (Lipinski definition) is 2. The Hall–Kier alpha value is -4.15. The van der Waals surface area contributed by atoms with Crippen molar-refractivity contribution in [3.63, 3.8) is 0 Å². The first-order valence-corrected chi connectivity index (χ1v) is 9.39. The molecule has 1 aromatic carbocycles. The molecule has 0 bridgehead atoms. The minimum Gasteiger partial charge on any atom is -0.486 e. The first-order chi connectivity index (χ1) is 14.8. The van der Waals surface area contributed by atoms with Gasteiger partial charge in [-0.3, -0.25) is 24.4 Å². The van der Waals surface area contributed by atoms with Crippen molar-refractivity contribution in [3.05, 3.63) is 69.4 Å². The number of nitro benzene ring substituents is 1. The molecule has 162 valence electrons. The molecule has 0 saturated heterocycles. The zero-order valence-corrected chi connectivity index (χ0v) is 17.2. The van der Waals surface area contributed by atoms with Crippen LogP contribution in [0, 0.1) is 17.0 Å². The number of amides is 2. The molecule has 0 fully saturated rings. The van der Waals surface area contributed by atoms with E-state index in [2.05, 4.69) is 15.7 Å². The van der Waals surface area contributed by atoms with Crippen molar-refractivity contribution < 1.29 is 23.7 Å². The van der Waals surface area contributed by atoms with Gasteiger partial charge in [0.1, 0.15) is 18.1 Å². The molecule has 0 spiro atoms. The maximum atomic E-state index is 12.5. The Morgan fingerprint density at radius 3 is 2.68 bits per heavy atom. The Morgan fingerprint density at radius 2 is 2.03 bits per heavy atom. The minimum atomic E-state index is -0.543. The number of carbonyl (C=O) groups is 2. The Labute approximate surface area is 177 Å². The normalized spacial score (nSPS) is 10.5. The predicted octanol–water partition coefficient (Wildman–Crippen LogP) is 2.90. The highest BCUT2D eigenvalue weighted by Crippen LogP contribution is 2.24. The molecule has 2 amide bonds. The van der Waals surface area contributed by atoms with Crippen molar-refractivity contribution in [1.82, 2.24) is 15.1 Å². The fraction of sp³-hybridized carbons (Fsp3) is 0.250. The number of nitrogens with zero attached hydrogens (tertiary/aromatic N) is 3. The summed E-state index contributed by atoms with van der Waals surface area (Å²) in [6.07, 6.45) is 1.56. The third-order valence-electron chi connectivity index (χ3n) is 4.41. The van der Waals surface area contributed by atoms with Crippen LogP contribution in [-0.4, -0.2) is 33.6 Å². The van der Waals surface area contributed by atoms with Gasteiger partial charge in [-0.1, -0.05) is 0 Å².